The number of fused-ring (bicyclic) bond motifs is 2. The molecule has 1 aliphatic heterocycles. The van der Waals surface area contributed by atoms with E-state index in [1.807, 2.05) is 11.0 Å². The van der Waals surface area contributed by atoms with Crippen molar-refractivity contribution in [2.45, 2.75) is 18.2 Å². The van der Waals surface area contributed by atoms with Gasteiger partial charge < -0.3 is 9.64 Å². The number of piperidine rings is 1. The third-order valence-corrected chi connectivity index (χ3v) is 6.16. The fourth-order valence-corrected chi connectivity index (χ4v) is 4.56. The Labute approximate surface area is 172 Å². The minimum atomic E-state index is -0.703. The van der Waals surface area contributed by atoms with E-state index in [0.29, 0.717) is 35.5 Å². The monoisotopic (exact) mass is 411 g/mol. The number of aromatic nitrogens is 2. The van der Waals surface area contributed by atoms with Crippen molar-refractivity contribution in [1.29, 1.82) is 0 Å². The highest BCUT2D eigenvalue weighted by atomic mass is 32.2. The van der Waals surface area contributed by atoms with Crippen molar-refractivity contribution in [2.75, 3.05) is 19.7 Å². The molecule has 0 bridgehead atoms. The molecule has 150 valence electrons. The first-order valence-electron chi connectivity index (χ1n) is 9.57. The number of pyridine rings is 1. The van der Waals surface area contributed by atoms with E-state index in [0.717, 1.165) is 18.2 Å². The minimum absolute atomic E-state index is 0.0665. The average Bonchev–Trinajstić information content (AvgIpc) is 2.74. The lowest BCUT2D eigenvalue weighted by Crippen LogP contribution is -2.41. The largest absolute Gasteiger partial charge is 0.462 e. The molecular weight excluding hydrogens is 390 g/mol. The van der Waals surface area contributed by atoms with Crippen molar-refractivity contribution < 1.29 is 14.3 Å². The zero-order valence-electron chi connectivity index (χ0n) is 16.0. The quantitative estimate of drug-likeness (QED) is 0.570. The van der Waals surface area contributed by atoms with Crippen molar-refractivity contribution in [1.82, 2.24) is 14.3 Å². The zero-order valence-corrected chi connectivity index (χ0v) is 16.8. The molecule has 8 heteroatoms. The summed E-state index contributed by atoms with van der Waals surface area (Å²) < 4.78 is 6.19. The third kappa shape index (κ3) is 3.85. The van der Waals surface area contributed by atoms with Crippen LogP contribution in [0.2, 0.25) is 0 Å². The fourth-order valence-electron chi connectivity index (χ4n) is 3.69. The number of likely N-dealkylation sites (tertiary alicyclic amines) is 1. The first-order valence-corrected chi connectivity index (χ1v) is 10.4. The highest BCUT2D eigenvalue weighted by molar-refractivity contribution is 8.13. The van der Waals surface area contributed by atoms with Gasteiger partial charge in [0.15, 0.2) is 5.65 Å². The third-order valence-electron chi connectivity index (χ3n) is 5.19. The molecule has 2 aromatic heterocycles. The van der Waals surface area contributed by atoms with Crippen LogP contribution >= 0.6 is 11.8 Å². The Bertz CT molecular complexity index is 1080. The Hall–Kier alpha value is -2.87. The molecule has 29 heavy (non-hydrogen) atoms. The summed E-state index contributed by atoms with van der Waals surface area (Å²) in [6, 6.07) is 3.42. The van der Waals surface area contributed by atoms with Gasteiger partial charge >= 0.3 is 5.97 Å². The topological polar surface area (TPSA) is 81.0 Å². The van der Waals surface area contributed by atoms with Crippen LogP contribution in [0.15, 0.2) is 58.5 Å². The lowest BCUT2D eigenvalue weighted by molar-refractivity contribution is 0.0523. The molecule has 7 nitrogen and oxygen atoms in total. The maximum atomic E-state index is 12.9. The van der Waals surface area contributed by atoms with Gasteiger partial charge in [0, 0.05) is 31.4 Å². The van der Waals surface area contributed by atoms with Crippen LogP contribution in [0.1, 0.15) is 23.7 Å². The van der Waals surface area contributed by atoms with E-state index in [9.17, 15) is 14.4 Å². The minimum Gasteiger partial charge on any atom is -0.462 e. The number of thioether (sulfide) groups is 1. The molecule has 1 fully saturated rings. The van der Waals surface area contributed by atoms with Crippen molar-refractivity contribution >= 4 is 28.6 Å². The second-order valence-corrected chi connectivity index (χ2v) is 7.96. The summed E-state index contributed by atoms with van der Waals surface area (Å²) in [5.41, 5.74) is -0.292. The van der Waals surface area contributed by atoms with Gasteiger partial charge in [-0.2, -0.15) is 0 Å². The maximum absolute atomic E-state index is 12.9. The fraction of sp³-hybridized carbons (Fsp3) is 0.333. The van der Waals surface area contributed by atoms with Crippen molar-refractivity contribution in [3.8, 4) is 0 Å². The van der Waals surface area contributed by atoms with Crippen molar-refractivity contribution in [3.05, 3.63) is 64.7 Å². The number of carbonyl (C=O) groups excluding carboxylic acids is 2. The number of ether oxygens (including phenoxy) is 1. The normalized spacial score (nSPS) is 20.5. The van der Waals surface area contributed by atoms with Gasteiger partial charge in [-0.3, -0.25) is 14.0 Å². The summed E-state index contributed by atoms with van der Waals surface area (Å²) in [5.74, 6) is 0.137. The number of amides is 1. The molecule has 3 heterocycles. The predicted octanol–water partition coefficient (Wildman–Crippen LogP) is 3.15. The highest BCUT2D eigenvalue weighted by Gasteiger charge is 2.30. The second kappa shape index (κ2) is 8.24. The number of esters is 1. The lowest BCUT2D eigenvalue weighted by atomic mass is 9.83. The van der Waals surface area contributed by atoms with Gasteiger partial charge in [-0.05, 0) is 43.2 Å². The van der Waals surface area contributed by atoms with Crippen LogP contribution < -0.4 is 5.56 Å². The molecule has 4 rings (SSSR count). The number of carbonyl (C=O) groups is 2. The van der Waals surface area contributed by atoms with Crippen LogP contribution in [-0.4, -0.2) is 45.2 Å². The number of nitrogens with zero attached hydrogens (tertiary/aromatic N) is 3. The van der Waals surface area contributed by atoms with Crippen LogP contribution in [-0.2, 0) is 4.74 Å². The molecule has 1 amide bonds. The SMILES string of the molecule is CCOC(=O)c1cnc2c(SC(=O)N3CCC4C=CC=CC4C3)cccn2c1=O. The summed E-state index contributed by atoms with van der Waals surface area (Å²) >= 11 is 1.06. The molecule has 1 saturated heterocycles. The van der Waals surface area contributed by atoms with Gasteiger partial charge in [0.2, 0.25) is 0 Å². The van der Waals surface area contributed by atoms with Crippen LogP contribution in [0.25, 0.3) is 5.65 Å². The van der Waals surface area contributed by atoms with E-state index < -0.39 is 11.5 Å². The van der Waals surface area contributed by atoms with E-state index in [1.165, 1.54) is 16.8 Å². The van der Waals surface area contributed by atoms with Crippen LogP contribution in [0.4, 0.5) is 4.79 Å². The molecule has 0 N–H and O–H groups in total. The van der Waals surface area contributed by atoms with Crippen LogP contribution in [0, 0.1) is 11.8 Å². The molecular formula is C21H21N3O4S. The number of hydrogen-bond acceptors (Lipinski definition) is 6. The Kier molecular flexibility index (Phi) is 5.53. The summed E-state index contributed by atoms with van der Waals surface area (Å²) in [4.78, 5) is 44.2. The Morgan fingerprint density at radius 3 is 2.86 bits per heavy atom. The van der Waals surface area contributed by atoms with Crippen LogP contribution in [0.3, 0.4) is 0 Å². The van der Waals surface area contributed by atoms with Crippen molar-refractivity contribution in [2.24, 2.45) is 11.8 Å². The lowest BCUT2D eigenvalue weighted by Gasteiger charge is -2.36. The van der Waals surface area contributed by atoms with Gasteiger partial charge in [0.05, 0.1) is 11.5 Å². The van der Waals surface area contributed by atoms with Gasteiger partial charge in [-0.15, -0.1) is 0 Å². The molecule has 0 spiro atoms. The summed E-state index contributed by atoms with van der Waals surface area (Å²) in [6.45, 7) is 3.24. The summed E-state index contributed by atoms with van der Waals surface area (Å²) in [6.07, 6.45) is 12.2. The highest BCUT2D eigenvalue weighted by Crippen LogP contribution is 2.32. The smallest absolute Gasteiger partial charge is 0.345 e. The number of rotatable bonds is 3. The molecule has 1 aliphatic carbocycles. The molecule has 0 radical (unpaired) electrons. The maximum Gasteiger partial charge on any atom is 0.345 e. The molecule has 2 aliphatic rings. The summed E-state index contributed by atoms with van der Waals surface area (Å²) in [5, 5.41) is -0.0665. The molecule has 2 atom stereocenters. The molecule has 0 aromatic carbocycles. The van der Waals surface area contributed by atoms with Gasteiger partial charge in [0.25, 0.3) is 10.8 Å². The second-order valence-electron chi connectivity index (χ2n) is 6.96. The van der Waals surface area contributed by atoms with E-state index in [4.69, 9.17) is 4.74 Å². The van der Waals surface area contributed by atoms with Gasteiger partial charge in [0.1, 0.15) is 5.56 Å². The molecule has 2 aromatic rings. The average molecular weight is 411 g/mol. The molecule has 0 saturated carbocycles. The standard InChI is InChI=1S/C21H21N3O4S/c1-2-28-20(26)16-12-22-18-17(8-5-10-24(18)19(16)25)29-21(27)23-11-9-14-6-3-4-7-15(14)13-23/h3-8,10,12,14-15H,2,9,11,13H2,1H3. The van der Waals surface area contributed by atoms with E-state index in [-0.39, 0.29) is 17.4 Å². The Balaban J connectivity index is 1.56. The van der Waals surface area contributed by atoms with Crippen LogP contribution in [0.5, 0.6) is 0 Å². The molecule has 2 unspecified atom stereocenters. The Morgan fingerprint density at radius 1 is 1.28 bits per heavy atom. The van der Waals surface area contributed by atoms with Gasteiger partial charge in [-0.25, -0.2) is 9.78 Å². The predicted molar refractivity (Wildman–Crippen MR) is 110 cm³/mol. The van der Waals surface area contributed by atoms with E-state index >= 15 is 0 Å². The van der Waals surface area contributed by atoms with E-state index in [2.05, 4.69) is 23.2 Å². The van der Waals surface area contributed by atoms with Gasteiger partial charge in [-0.1, -0.05) is 24.3 Å². The van der Waals surface area contributed by atoms with E-state index in [1.54, 1.807) is 19.1 Å². The first-order chi connectivity index (χ1) is 14.1. The van der Waals surface area contributed by atoms with Crippen molar-refractivity contribution in [3.63, 3.8) is 0 Å². The Morgan fingerprint density at radius 2 is 2.07 bits per heavy atom. The number of allylic oxidation sites excluding steroid dienone is 3. The first kappa shape index (κ1) is 19.4. The summed E-state index contributed by atoms with van der Waals surface area (Å²) in [7, 11) is 0. The zero-order chi connectivity index (χ0) is 20.4. The number of hydrogen-bond donors (Lipinski definition) is 0.